The molecule has 3 nitrogen and oxygen atoms in total. The Balaban J connectivity index is 2.21. The summed E-state index contributed by atoms with van der Waals surface area (Å²) in [4.78, 5) is 12.5. The molecule has 0 radical (unpaired) electrons. The van der Waals surface area contributed by atoms with Crippen LogP contribution < -0.4 is 10.2 Å². The van der Waals surface area contributed by atoms with Crippen LogP contribution in [-0.2, 0) is 12.8 Å². The lowest BCUT2D eigenvalue weighted by molar-refractivity contribution is 0.415. The third kappa shape index (κ3) is 2.87. The van der Waals surface area contributed by atoms with Crippen LogP contribution in [0.1, 0.15) is 25.0 Å². The molecule has 23 heavy (non-hydrogen) atoms. The number of aryl methyl sites for hydroxylation is 2. The summed E-state index contributed by atoms with van der Waals surface area (Å²) in [6, 6.07) is 13.2. The van der Waals surface area contributed by atoms with E-state index in [0.29, 0.717) is 16.7 Å². The van der Waals surface area contributed by atoms with E-state index in [2.05, 4.69) is 19.9 Å². The Labute approximate surface area is 135 Å². The second-order valence-corrected chi connectivity index (χ2v) is 5.54. The molecule has 0 bridgehead atoms. The molecule has 0 saturated carbocycles. The summed E-state index contributed by atoms with van der Waals surface area (Å²) in [5.41, 5.74) is 3.81. The van der Waals surface area contributed by atoms with Crippen LogP contribution in [0, 0.1) is 0 Å². The van der Waals surface area contributed by atoms with Gasteiger partial charge in [0.25, 0.3) is 0 Å². The van der Waals surface area contributed by atoms with Crippen molar-refractivity contribution in [2.24, 2.45) is 0 Å². The first-order chi connectivity index (χ1) is 11.2. The van der Waals surface area contributed by atoms with Crippen molar-refractivity contribution in [3.8, 4) is 17.1 Å². The molecule has 1 aromatic heterocycles. The van der Waals surface area contributed by atoms with Crippen LogP contribution >= 0.6 is 0 Å². The SMILES string of the molecule is CCc1cc(CC)c2oc(-c3ccc(OC)cc3)cc(=O)c2c1. The maximum absolute atomic E-state index is 12.5. The third-order valence-corrected chi connectivity index (χ3v) is 4.13. The molecule has 3 heteroatoms. The smallest absolute Gasteiger partial charge is 0.193 e. The summed E-state index contributed by atoms with van der Waals surface area (Å²) in [6.07, 6.45) is 1.74. The Bertz CT molecular complexity index is 889. The highest BCUT2D eigenvalue weighted by atomic mass is 16.5. The van der Waals surface area contributed by atoms with E-state index < -0.39 is 0 Å². The van der Waals surface area contributed by atoms with E-state index in [1.54, 1.807) is 13.2 Å². The predicted octanol–water partition coefficient (Wildman–Crippen LogP) is 4.59. The number of hydrogen-bond donors (Lipinski definition) is 0. The van der Waals surface area contributed by atoms with E-state index >= 15 is 0 Å². The normalized spacial score (nSPS) is 10.9. The first kappa shape index (κ1) is 15.3. The molecule has 0 aliphatic heterocycles. The maximum atomic E-state index is 12.5. The van der Waals surface area contributed by atoms with E-state index in [4.69, 9.17) is 9.15 Å². The first-order valence-corrected chi connectivity index (χ1v) is 7.90. The maximum Gasteiger partial charge on any atom is 0.193 e. The molecule has 0 aliphatic rings. The van der Waals surface area contributed by atoms with Gasteiger partial charge in [0.05, 0.1) is 12.5 Å². The predicted molar refractivity (Wildman–Crippen MR) is 93.2 cm³/mol. The van der Waals surface area contributed by atoms with Crippen LogP contribution in [0.2, 0.25) is 0 Å². The van der Waals surface area contributed by atoms with Gasteiger partial charge in [0.2, 0.25) is 0 Å². The molecule has 0 unspecified atom stereocenters. The van der Waals surface area contributed by atoms with Gasteiger partial charge in [-0.15, -0.1) is 0 Å². The van der Waals surface area contributed by atoms with E-state index in [1.807, 2.05) is 30.3 Å². The van der Waals surface area contributed by atoms with Gasteiger partial charge in [-0.1, -0.05) is 19.9 Å². The first-order valence-electron chi connectivity index (χ1n) is 7.90. The standard InChI is InChI=1S/C20H20O3/c1-4-13-10-14(5-2)20-17(11-13)18(21)12-19(23-20)15-6-8-16(22-3)9-7-15/h6-12H,4-5H2,1-3H3. The highest BCUT2D eigenvalue weighted by Gasteiger charge is 2.11. The van der Waals surface area contributed by atoms with Crippen molar-refractivity contribution < 1.29 is 9.15 Å². The number of methoxy groups -OCH3 is 1. The number of ether oxygens (including phenoxy) is 1. The van der Waals surface area contributed by atoms with Crippen LogP contribution in [0.5, 0.6) is 5.75 Å². The molecule has 3 rings (SSSR count). The molecule has 0 N–H and O–H groups in total. The molecular formula is C20H20O3. The van der Waals surface area contributed by atoms with Crippen molar-refractivity contribution >= 4 is 11.0 Å². The fourth-order valence-electron chi connectivity index (χ4n) is 2.76. The minimum Gasteiger partial charge on any atom is -0.497 e. The largest absolute Gasteiger partial charge is 0.497 e. The zero-order valence-corrected chi connectivity index (χ0v) is 13.7. The Kier molecular flexibility index (Phi) is 4.20. The zero-order valence-electron chi connectivity index (χ0n) is 13.7. The van der Waals surface area contributed by atoms with Gasteiger partial charge in [0, 0.05) is 11.6 Å². The van der Waals surface area contributed by atoms with Gasteiger partial charge in [-0.3, -0.25) is 4.79 Å². The van der Waals surface area contributed by atoms with Crippen molar-refractivity contribution in [1.82, 2.24) is 0 Å². The van der Waals surface area contributed by atoms with Gasteiger partial charge in [0.1, 0.15) is 17.1 Å². The number of hydrogen-bond acceptors (Lipinski definition) is 3. The Morgan fingerprint density at radius 1 is 1.00 bits per heavy atom. The summed E-state index contributed by atoms with van der Waals surface area (Å²) in [7, 11) is 1.63. The average Bonchev–Trinajstić information content (AvgIpc) is 2.61. The zero-order chi connectivity index (χ0) is 16.4. The Hall–Kier alpha value is -2.55. The molecule has 0 spiro atoms. The second kappa shape index (κ2) is 6.29. The molecular weight excluding hydrogens is 288 g/mol. The minimum absolute atomic E-state index is 0.00191. The summed E-state index contributed by atoms with van der Waals surface area (Å²) in [5, 5.41) is 0.665. The average molecular weight is 308 g/mol. The van der Waals surface area contributed by atoms with Crippen molar-refractivity contribution in [2.45, 2.75) is 26.7 Å². The van der Waals surface area contributed by atoms with Gasteiger partial charge >= 0.3 is 0 Å². The molecule has 1 heterocycles. The second-order valence-electron chi connectivity index (χ2n) is 5.54. The molecule has 3 aromatic rings. The number of rotatable bonds is 4. The highest BCUT2D eigenvalue weighted by molar-refractivity contribution is 5.82. The van der Waals surface area contributed by atoms with E-state index in [1.165, 1.54) is 5.56 Å². The third-order valence-electron chi connectivity index (χ3n) is 4.13. The van der Waals surface area contributed by atoms with Crippen LogP contribution in [0.15, 0.2) is 51.7 Å². The van der Waals surface area contributed by atoms with Gasteiger partial charge in [-0.2, -0.15) is 0 Å². The highest BCUT2D eigenvalue weighted by Crippen LogP contribution is 2.27. The number of fused-ring (bicyclic) bond motifs is 1. The van der Waals surface area contributed by atoms with Gasteiger partial charge in [0.15, 0.2) is 5.43 Å². The summed E-state index contributed by atoms with van der Waals surface area (Å²) in [5.74, 6) is 1.36. The lowest BCUT2D eigenvalue weighted by Gasteiger charge is -2.09. The van der Waals surface area contributed by atoms with Crippen molar-refractivity contribution in [2.75, 3.05) is 7.11 Å². The van der Waals surface area contributed by atoms with Crippen molar-refractivity contribution in [3.63, 3.8) is 0 Å². The van der Waals surface area contributed by atoms with Crippen molar-refractivity contribution in [3.05, 3.63) is 63.8 Å². The van der Waals surface area contributed by atoms with Crippen LogP contribution in [0.25, 0.3) is 22.3 Å². The molecule has 0 saturated heterocycles. The van der Waals surface area contributed by atoms with Crippen LogP contribution in [0.4, 0.5) is 0 Å². The van der Waals surface area contributed by atoms with Crippen LogP contribution in [0.3, 0.4) is 0 Å². The number of benzene rings is 2. The van der Waals surface area contributed by atoms with Crippen LogP contribution in [-0.4, -0.2) is 7.11 Å². The quantitative estimate of drug-likeness (QED) is 0.707. The minimum atomic E-state index is 0.00191. The van der Waals surface area contributed by atoms with Gasteiger partial charge in [-0.05, 0) is 54.3 Å². The monoisotopic (exact) mass is 308 g/mol. The summed E-state index contributed by atoms with van der Waals surface area (Å²) < 4.78 is 11.3. The van der Waals surface area contributed by atoms with Gasteiger partial charge < -0.3 is 9.15 Å². The fraction of sp³-hybridized carbons (Fsp3) is 0.250. The van der Waals surface area contributed by atoms with Crippen molar-refractivity contribution in [1.29, 1.82) is 0 Å². The lowest BCUT2D eigenvalue weighted by atomic mass is 10.0. The van der Waals surface area contributed by atoms with E-state index in [0.717, 1.165) is 29.7 Å². The summed E-state index contributed by atoms with van der Waals surface area (Å²) in [6.45, 7) is 4.17. The fourth-order valence-corrected chi connectivity index (χ4v) is 2.76. The molecule has 118 valence electrons. The van der Waals surface area contributed by atoms with Gasteiger partial charge in [-0.25, -0.2) is 0 Å². The summed E-state index contributed by atoms with van der Waals surface area (Å²) >= 11 is 0. The molecule has 0 fully saturated rings. The lowest BCUT2D eigenvalue weighted by Crippen LogP contribution is -2.03. The molecule has 0 amide bonds. The molecule has 2 aromatic carbocycles. The molecule has 0 aliphatic carbocycles. The van der Waals surface area contributed by atoms with E-state index in [9.17, 15) is 4.79 Å². The molecule has 0 atom stereocenters. The van der Waals surface area contributed by atoms with E-state index in [-0.39, 0.29) is 5.43 Å². The topological polar surface area (TPSA) is 39.4 Å². The Morgan fingerprint density at radius 3 is 2.35 bits per heavy atom. The Morgan fingerprint density at radius 2 is 1.74 bits per heavy atom.